The van der Waals surface area contributed by atoms with Crippen LogP contribution in [0.4, 0.5) is 17.1 Å². The van der Waals surface area contributed by atoms with Gasteiger partial charge in [0.05, 0.1) is 16.6 Å². The van der Waals surface area contributed by atoms with E-state index in [0.717, 1.165) is 44.9 Å². The molecule has 1 aliphatic rings. The molecule has 0 atom stereocenters. The topological polar surface area (TPSA) is 16.4 Å². The molecule has 0 aliphatic carbocycles. The van der Waals surface area contributed by atoms with Crippen LogP contribution in [0.2, 0.25) is 0 Å². The molecule has 2 heterocycles. The van der Waals surface area contributed by atoms with E-state index in [4.69, 9.17) is 4.74 Å². The van der Waals surface area contributed by atoms with Crippen molar-refractivity contribution >= 4 is 38.6 Å². The maximum Gasteiger partial charge on any atom is 0.228 e. The predicted molar refractivity (Wildman–Crippen MR) is 148 cm³/mol. The lowest BCUT2D eigenvalue weighted by atomic mass is 9.90. The van der Waals surface area contributed by atoms with E-state index in [1.807, 2.05) is 0 Å². The highest BCUT2D eigenvalue weighted by molar-refractivity contribution is 6.12. The van der Waals surface area contributed by atoms with Crippen LogP contribution in [0, 0.1) is 6.92 Å². The summed E-state index contributed by atoms with van der Waals surface area (Å²) in [7, 11) is 2.13. The van der Waals surface area contributed by atoms with Crippen molar-refractivity contribution < 1.29 is 9.30 Å². The second-order valence-corrected chi connectivity index (χ2v) is 9.33. The number of anilines is 3. The van der Waals surface area contributed by atoms with Gasteiger partial charge in [-0.15, -0.1) is 0 Å². The third kappa shape index (κ3) is 2.96. The van der Waals surface area contributed by atoms with Gasteiger partial charge in [0, 0.05) is 22.8 Å². The van der Waals surface area contributed by atoms with Gasteiger partial charge in [0.2, 0.25) is 5.69 Å². The fourth-order valence-electron chi connectivity index (χ4n) is 5.61. The highest BCUT2D eigenvalue weighted by Gasteiger charge is 2.34. The number of hydrogen-bond donors (Lipinski definition) is 0. The normalized spacial score (nSPS) is 11.8. The Bertz CT molecular complexity index is 1740. The summed E-state index contributed by atoms with van der Waals surface area (Å²) in [6.45, 7) is 2.22. The van der Waals surface area contributed by atoms with Crippen molar-refractivity contribution in [3.8, 4) is 22.8 Å². The molecule has 0 fully saturated rings. The first kappa shape index (κ1) is 20.7. The summed E-state index contributed by atoms with van der Waals surface area (Å²) in [6.07, 6.45) is 2.15. The zero-order valence-electron chi connectivity index (χ0n) is 20.3. The second kappa shape index (κ2) is 7.96. The Kier molecular flexibility index (Phi) is 4.58. The van der Waals surface area contributed by atoms with E-state index in [1.54, 1.807) is 0 Å². The first-order chi connectivity index (χ1) is 17.7. The number of aryl methyl sites for hydroxylation is 2. The predicted octanol–water partition coefficient (Wildman–Crippen LogP) is 8.37. The molecule has 0 spiro atoms. The number of fused-ring (bicyclic) bond motifs is 3. The molecule has 0 radical (unpaired) electrons. The maximum atomic E-state index is 6.89. The Morgan fingerprint density at radius 1 is 0.667 bits per heavy atom. The number of para-hydroxylation sites is 2. The van der Waals surface area contributed by atoms with Gasteiger partial charge in [-0.25, -0.2) is 4.57 Å². The van der Waals surface area contributed by atoms with E-state index < -0.39 is 0 Å². The van der Waals surface area contributed by atoms with Crippen LogP contribution in [0.5, 0.6) is 11.5 Å². The van der Waals surface area contributed by atoms with Gasteiger partial charge in [-0.3, -0.25) is 0 Å². The summed E-state index contributed by atoms with van der Waals surface area (Å²) in [5.74, 6) is 1.78. The molecule has 1 aromatic heterocycles. The van der Waals surface area contributed by atoms with Crippen molar-refractivity contribution in [2.24, 2.45) is 7.05 Å². The number of pyridine rings is 1. The van der Waals surface area contributed by atoms with Crippen LogP contribution in [-0.4, -0.2) is 0 Å². The van der Waals surface area contributed by atoms with Gasteiger partial charge >= 0.3 is 0 Å². The highest BCUT2D eigenvalue weighted by Crippen LogP contribution is 2.55. The maximum absolute atomic E-state index is 6.89. The van der Waals surface area contributed by atoms with Crippen LogP contribution >= 0.6 is 0 Å². The van der Waals surface area contributed by atoms with Gasteiger partial charge in [0.1, 0.15) is 12.8 Å². The standard InChI is InChI=1S/C33H25N2O/c1-22-26-17-9-10-18-27(26)31(35(24-13-5-3-6-14-24)25-15-7-4-8-16-25)33-29(22)32-30-23(20-21-34(32)2)12-11-19-28(30)36-33/h3-21H,1-2H3/q+1. The molecule has 3 heteroatoms. The van der Waals surface area contributed by atoms with Gasteiger partial charge in [-0.1, -0.05) is 72.8 Å². The summed E-state index contributed by atoms with van der Waals surface area (Å²) in [5.41, 5.74) is 6.79. The third-order valence-electron chi connectivity index (χ3n) is 7.23. The zero-order valence-corrected chi connectivity index (χ0v) is 20.3. The van der Waals surface area contributed by atoms with Crippen LogP contribution in [0.1, 0.15) is 5.56 Å². The lowest BCUT2D eigenvalue weighted by molar-refractivity contribution is -0.659. The Balaban J connectivity index is 1.67. The highest BCUT2D eigenvalue weighted by atomic mass is 16.5. The van der Waals surface area contributed by atoms with Crippen LogP contribution < -0.4 is 14.2 Å². The molecule has 0 bridgehead atoms. The third-order valence-corrected chi connectivity index (χ3v) is 7.23. The van der Waals surface area contributed by atoms with Crippen LogP contribution in [0.3, 0.4) is 0 Å². The lowest BCUT2D eigenvalue weighted by Gasteiger charge is -2.32. The van der Waals surface area contributed by atoms with Crippen molar-refractivity contribution in [2.75, 3.05) is 4.90 Å². The minimum Gasteiger partial charge on any atom is -0.453 e. The summed E-state index contributed by atoms with van der Waals surface area (Å²) in [4.78, 5) is 2.33. The monoisotopic (exact) mass is 465 g/mol. The van der Waals surface area contributed by atoms with Crippen molar-refractivity contribution in [1.29, 1.82) is 0 Å². The average molecular weight is 466 g/mol. The summed E-state index contributed by atoms with van der Waals surface area (Å²) >= 11 is 0. The molecule has 5 aromatic carbocycles. The SMILES string of the molecule is Cc1c2c(c(N(c3ccccc3)c3ccccc3)c3ccccc13)Oc1cccc3cc[n+](C)c-2c13. The molecule has 36 heavy (non-hydrogen) atoms. The van der Waals surface area contributed by atoms with Crippen LogP contribution in [-0.2, 0) is 7.05 Å². The number of rotatable bonds is 3. The van der Waals surface area contributed by atoms with Crippen LogP contribution in [0.15, 0.2) is 115 Å². The van der Waals surface area contributed by atoms with E-state index in [1.165, 1.54) is 22.0 Å². The quantitative estimate of drug-likeness (QED) is 0.244. The minimum absolute atomic E-state index is 0.890. The average Bonchev–Trinajstić information content (AvgIpc) is 2.93. The molecule has 0 amide bonds. The molecule has 172 valence electrons. The van der Waals surface area contributed by atoms with E-state index >= 15 is 0 Å². The fraction of sp³-hybridized carbons (Fsp3) is 0.0606. The van der Waals surface area contributed by atoms with Gasteiger partial charge in [0.25, 0.3) is 0 Å². The van der Waals surface area contributed by atoms with Gasteiger partial charge in [0.15, 0.2) is 11.9 Å². The Morgan fingerprint density at radius 2 is 1.31 bits per heavy atom. The summed E-state index contributed by atoms with van der Waals surface area (Å²) < 4.78 is 9.12. The van der Waals surface area contributed by atoms with Gasteiger partial charge in [-0.2, -0.15) is 0 Å². The number of ether oxygens (including phenoxy) is 1. The summed E-state index contributed by atoms with van der Waals surface area (Å²) in [5, 5.41) is 4.73. The van der Waals surface area contributed by atoms with Gasteiger partial charge < -0.3 is 9.64 Å². The molecule has 0 saturated carbocycles. The van der Waals surface area contributed by atoms with E-state index in [0.29, 0.717) is 0 Å². The van der Waals surface area contributed by atoms with Crippen molar-refractivity contribution in [1.82, 2.24) is 0 Å². The van der Waals surface area contributed by atoms with Gasteiger partial charge in [-0.05, 0) is 53.6 Å². The molecule has 6 aromatic rings. The minimum atomic E-state index is 0.890. The van der Waals surface area contributed by atoms with E-state index in [9.17, 15) is 0 Å². The van der Waals surface area contributed by atoms with E-state index in [-0.39, 0.29) is 0 Å². The molecular weight excluding hydrogens is 440 g/mol. The fourth-order valence-corrected chi connectivity index (χ4v) is 5.61. The molecular formula is C33H25N2O+. The van der Waals surface area contributed by atoms with E-state index in [2.05, 4.69) is 139 Å². The largest absolute Gasteiger partial charge is 0.453 e. The molecule has 1 aliphatic heterocycles. The first-order valence-electron chi connectivity index (χ1n) is 12.3. The zero-order chi connectivity index (χ0) is 24.2. The van der Waals surface area contributed by atoms with Crippen molar-refractivity contribution in [3.05, 3.63) is 121 Å². The molecule has 3 nitrogen and oxygen atoms in total. The van der Waals surface area contributed by atoms with Crippen molar-refractivity contribution in [2.45, 2.75) is 6.92 Å². The molecule has 7 rings (SSSR count). The number of nitrogens with zero attached hydrogens (tertiary/aromatic N) is 2. The Hall–Kier alpha value is -4.63. The van der Waals surface area contributed by atoms with Crippen molar-refractivity contribution in [3.63, 3.8) is 0 Å². The Morgan fingerprint density at radius 3 is 2.00 bits per heavy atom. The first-order valence-corrected chi connectivity index (χ1v) is 12.3. The molecule has 0 unspecified atom stereocenters. The number of benzene rings is 5. The number of hydrogen-bond acceptors (Lipinski definition) is 2. The second-order valence-electron chi connectivity index (χ2n) is 9.33. The van der Waals surface area contributed by atoms with Crippen LogP contribution in [0.25, 0.3) is 32.8 Å². The molecule has 0 N–H and O–H groups in total. The Labute approximate surface area is 210 Å². The smallest absolute Gasteiger partial charge is 0.228 e. The molecule has 0 saturated heterocycles. The lowest BCUT2D eigenvalue weighted by Crippen LogP contribution is -2.32. The number of aromatic nitrogens is 1. The summed E-state index contributed by atoms with van der Waals surface area (Å²) in [6, 6.07) is 38.3.